The zero-order chi connectivity index (χ0) is 27.6. The number of anilines is 1. The minimum Gasteiger partial charge on any atom is -0.405 e. The molecule has 1 fully saturated rings. The number of rotatable bonds is 9. The van der Waals surface area contributed by atoms with Crippen LogP contribution >= 0.6 is 0 Å². The highest BCUT2D eigenvalue weighted by molar-refractivity contribution is 7.93. The van der Waals surface area contributed by atoms with E-state index in [1.165, 1.54) is 6.08 Å². The number of pyridine rings is 1. The van der Waals surface area contributed by atoms with Gasteiger partial charge in [0.05, 0.1) is 11.6 Å². The molecule has 1 saturated carbocycles. The number of sulfone groups is 1. The van der Waals surface area contributed by atoms with E-state index < -0.39 is 75.1 Å². The second-order valence-electron chi connectivity index (χ2n) is 8.24. The highest BCUT2D eigenvalue weighted by atomic mass is 32.2. The van der Waals surface area contributed by atoms with E-state index in [0.717, 1.165) is 17.7 Å². The molecule has 2 N–H and O–H groups in total. The van der Waals surface area contributed by atoms with Crippen molar-refractivity contribution < 1.29 is 48.7 Å². The van der Waals surface area contributed by atoms with Crippen molar-refractivity contribution in [2.75, 3.05) is 11.6 Å². The molecule has 0 spiro atoms. The Morgan fingerprint density at radius 3 is 2.41 bits per heavy atom. The van der Waals surface area contributed by atoms with Crippen molar-refractivity contribution in [3.05, 3.63) is 64.5 Å². The molecule has 0 bridgehead atoms. The summed E-state index contributed by atoms with van der Waals surface area (Å²) in [6, 6.07) is 2.69. The third kappa shape index (κ3) is 8.61. The van der Waals surface area contributed by atoms with Crippen molar-refractivity contribution in [1.29, 1.82) is 0 Å². The van der Waals surface area contributed by atoms with Crippen molar-refractivity contribution in [2.24, 2.45) is 5.92 Å². The molecule has 37 heavy (non-hydrogen) atoms. The highest BCUT2D eigenvalue weighted by Crippen LogP contribution is 2.34. The number of hydrogen-bond donors (Lipinski definition) is 2. The molecule has 15 heteroatoms. The first-order valence-corrected chi connectivity index (χ1v) is 12.5. The van der Waals surface area contributed by atoms with Gasteiger partial charge in [-0.1, -0.05) is 6.08 Å². The lowest BCUT2D eigenvalue weighted by Crippen LogP contribution is -2.35. The van der Waals surface area contributed by atoms with Gasteiger partial charge in [-0.05, 0) is 49.1 Å². The third-order valence-electron chi connectivity index (χ3n) is 5.09. The minimum absolute atomic E-state index is 0.0878. The molecule has 1 amide bonds. The molecule has 2 aromatic rings. The summed E-state index contributed by atoms with van der Waals surface area (Å²) in [5.41, 5.74) is -2.20. The summed E-state index contributed by atoms with van der Waals surface area (Å²) < 4.78 is 118. The molecular weight excluding hydrogens is 535 g/mol. The van der Waals surface area contributed by atoms with Gasteiger partial charge < -0.3 is 15.4 Å². The molecule has 1 heterocycles. The van der Waals surface area contributed by atoms with E-state index in [4.69, 9.17) is 0 Å². The van der Waals surface area contributed by atoms with E-state index in [2.05, 4.69) is 20.4 Å². The molecule has 1 aromatic heterocycles. The van der Waals surface area contributed by atoms with Crippen LogP contribution in [0.4, 0.5) is 36.6 Å². The summed E-state index contributed by atoms with van der Waals surface area (Å²) in [4.78, 5) is 16.3. The van der Waals surface area contributed by atoms with Crippen molar-refractivity contribution in [3.8, 4) is 5.75 Å². The lowest BCUT2D eigenvalue weighted by atomic mass is 10.1. The topological polar surface area (TPSA) is 97.4 Å². The molecule has 1 aliphatic rings. The number of amides is 1. The van der Waals surface area contributed by atoms with Gasteiger partial charge in [0.1, 0.15) is 23.1 Å². The summed E-state index contributed by atoms with van der Waals surface area (Å²) in [5, 5.41) is 5.78. The quantitative estimate of drug-likeness (QED) is 0.431. The average molecular weight is 555 g/mol. The molecule has 7 nitrogen and oxygen atoms in total. The third-order valence-corrected chi connectivity index (χ3v) is 5.74. The van der Waals surface area contributed by atoms with E-state index >= 15 is 0 Å². The van der Waals surface area contributed by atoms with Crippen LogP contribution in [0.2, 0.25) is 0 Å². The Hall–Kier alpha value is -3.36. The second-order valence-corrected chi connectivity index (χ2v) is 10.2. The fraction of sp³-hybridized carbons (Fsp3) is 0.364. The van der Waals surface area contributed by atoms with Crippen LogP contribution in [0.15, 0.2) is 41.8 Å². The number of benzene rings is 1. The maximum atomic E-state index is 13.7. The van der Waals surface area contributed by atoms with E-state index in [0.29, 0.717) is 37.1 Å². The number of hydrogen-bond acceptors (Lipinski definition) is 6. The number of carbonyl (C=O) groups is 1. The Labute approximate surface area is 206 Å². The van der Waals surface area contributed by atoms with Crippen LogP contribution in [0.5, 0.6) is 5.75 Å². The number of halogens is 7. The van der Waals surface area contributed by atoms with Crippen molar-refractivity contribution in [1.82, 2.24) is 10.3 Å². The van der Waals surface area contributed by atoms with E-state index in [9.17, 15) is 43.9 Å². The van der Waals surface area contributed by atoms with Crippen LogP contribution in [-0.2, 0) is 22.6 Å². The van der Waals surface area contributed by atoms with Crippen LogP contribution in [0.25, 0.3) is 0 Å². The van der Waals surface area contributed by atoms with Crippen LogP contribution in [-0.4, -0.2) is 38.0 Å². The largest absolute Gasteiger partial charge is 0.573 e. The molecule has 1 aromatic carbocycles. The number of aromatic nitrogens is 1. The lowest BCUT2D eigenvalue weighted by molar-refractivity contribution is -0.274. The van der Waals surface area contributed by atoms with Gasteiger partial charge >= 0.3 is 12.5 Å². The molecule has 3 rings (SSSR count). The SMILES string of the molecule is CS(=O)(=O)/C=C/[C@@H](NC(=O)c1ccc(C(F)(F)F)nc1NCc1cc(F)ccc1OC(F)(F)F)C1CC1. The standard InChI is InChI=1S/C22H20F7N3O4S/c1-37(34,35)9-8-16(12-2-3-12)31-20(33)15-5-7-18(21(24,25)26)32-19(15)30-11-13-10-14(23)4-6-17(13)36-22(27,28)29/h4-10,12,16H,2-3,11H2,1H3,(H,30,32)(H,31,33)/b9-8+/t16-/m1/s1. The number of carbonyl (C=O) groups excluding carboxylic acids is 1. The van der Waals surface area contributed by atoms with Gasteiger partial charge in [0, 0.05) is 23.8 Å². The monoisotopic (exact) mass is 555 g/mol. The fourth-order valence-electron chi connectivity index (χ4n) is 3.26. The molecule has 1 aliphatic carbocycles. The zero-order valence-corrected chi connectivity index (χ0v) is 19.8. The van der Waals surface area contributed by atoms with E-state index in [-0.39, 0.29) is 5.92 Å². The number of ether oxygens (including phenoxy) is 1. The predicted molar refractivity (Wildman–Crippen MR) is 118 cm³/mol. The number of alkyl halides is 6. The van der Waals surface area contributed by atoms with Gasteiger partial charge in [-0.25, -0.2) is 17.8 Å². The fourth-order valence-corrected chi connectivity index (χ4v) is 3.71. The van der Waals surface area contributed by atoms with Crippen molar-refractivity contribution in [3.63, 3.8) is 0 Å². The van der Waals surface area contributed by atoms with Gasteiger partial charge in [-0.15, -0.1) is 13.2 Å². The van der Waals surface area contributed by atoms with Crippen LogP contribution in [0.1, 0.15) is 34.5 Å². The van der Waals surface area contributed by atoms with Crippen LogP contribution in [0.3, 0.4) is 0 Å². The first kappa shape index (κ1) is 28.2. The second kappa shape index (κ2) is 10.6. The Kier molecular flexibility index (Phi) is 8.05. The van der Waals surface area contributed by atoms with E-state index in [1.807, 2.05) is 0 Å². The van der Waals surface area contributed by atoms with Gasteiger partial charge in [-0.2, -0.15) is 13.2 Å². The number of nitrogens with zero attached hydrogens (tertiary/aromatic N) is 1. The zero-order valence-electron chi connectivity index (χ0n) is 19.0. The Balaban J connectivity index is 1.91. The normalized spacial score (nSPS) is 15.5. The maximum absolute atomic E-state index is 13.7. The van der Waals surface area contributed by atoms with Gasteiger partial charge in [0.2, 0.25) is 0 Å². The summed E-state index contributed by atoms with van der Waals surface area (Å²) in [6.07, 6.45) is -6.48. The van der Waals surface area contributed by atoms with Crippen molar-refractivity contribution >= 4 is 21.6 Å². The summed E-state index contributed by atoms with van der Waals surface area (Å²) in [7, 11) is -3.52. The van der Waals surface area contributed by atoms with Crippen LogP contribution in [0, 0.1) is 11.7 Å². The summed E-state index contributed by atoms with van der Waals surface area (Å²) >= 11 is 0. The Bertz CT molecular complexity index is 1290. The van der Waals surface area contributed by atoms with E-state index in [1.54, 1.807) is 0 Å². The first-order chi connectivity index (χ1) is 17.0. The lowest BCUT2D eigenvalue weighted by Gasteiger charge is -2.18. The molecule has 0 saturated heterocycles. The molecule has 0 unspecified atom stereocenters. The van der Waals surface area contributed by atoms with Crippen LogP contribution < -0.4 is 15.4 Å². The predicted octanol–water partition coefficient (Wildman–Crippen LogP) is 4.82. The van der Waals surface area contributed by atoms with Gasteiger partial charge in [0.25, 0.3) is 5.91 Å². The Morgan fingerprint density at radius 1 is 1.16 bits per heavy atom. The molecule has 0 aliphatic heterocycles. The molecule has 202 valence electrons. The molecular formula is C22H20F7N3O4S. The highest BCUT2D eigenvalue weighted by Gasteiger charge is 2.35. The van der Waals surface area contributed by atoms with Crippen molar-refractivity contribution in [2.45, 2.75) is 38.0 Å². The molecule has 0 radical (unpaired) electrons. The average Bonchev–Trinajstić information content (AvgIpc) is 3.59. The molecule has 1 atom stereocenters. The minimum atomic E-state index is -5.12. The first-order valence-electron chi connectivity index (χ1n) is 10.6. The number of nitrogens with one attached hydrogen (secondary N) is 2. The smallest absolute Gasteiger partial charge is 0.405 e. The summed E-state index contributed by atoms with van der Waals surface area (Å²) in [6.45, 7) is -0.683. The summed E-state index contributed by atoms with van der Waals surface area (Å²) in [5.74, 6) is -3.39. The maximum Gasteiger partial charge on any atom is 0.573 e. The Morgan fingerprint density at radius 2 is 1.84 bits per heavy atom. The van der Waals surface area contributed by atoms with Gasteiger partial charge in [-0.3, -0.25) is 4.79 Å². The van der Waals surface area contributed by atoms with Gasteiger partial charge in [0.15, 0.2) is 9.84 Å².